The minimum absolute atomic E-state index is 0.162. The summed E-state index contributed by atoms with van der Waals surface area (Å²) in [4.78, 5) is 0. The normalized spacial score (nSPS) is 26.9. The van der Waals surface area contributed by atoms with Crippen molar-refractivity contribution in [2.45, 2.75) is 12.6 Å². The lowest BCUT2D eigenvalue weighted by atomic mass is 9.94. The molecule has 2 aromatic carbocycles. The number of hydrogen-bond acceptors (Lipinski definition) is 1. The van der Waals surface area contributed by atoms with Gasteiger partial charge in [0.05, 0.1) is 20.5 Å². The van der Waals surface area contributed by atoms with Crippen LogP contribution in [0.1, 0.15) is 6.93 Å². The predicted octanol–water partition coefficient (Wildman–Crippen LogP) is 2.94. The molecule has 0 aromatic heterocycles. The molecule has 2 aromatic rings. The molecule has 88 valence electrons. The van der Waals surface area contributed by atoms with Crippen molar-refractivity contribution in [1.82, 2.24) is 4.48 Å². The molecule has 0 spiro atoms. The zero-order chi connectivity index (χ0) is 12.9. The standard InChI is InChI=1S/C15H18NO/c1-16(2)13-9-5-7-11-6-4-8-12(15(11)13)10-14(16)17-3/h4-9,14H,10H2,1-3H3/q+1/i10D. The number of ether oxygens (including phenoxy) is 1. The maximum atomic E-state index is 8.46. The summed E-state index contributed by atoms with van der Waals surface area (Å²) in [6.45, 7) is 0. The summed E-state index contributed by atoms with van der Waals surface area (Å²) < 4.78 is 14.6. The number of benzene rings is 2. The molecule has 2 nitrogen and oxygen atoms in total. The van der Waals surface area contributed by atoms with Crippen molar-refractivity contribution < 1.29 is 6.11 Å². The highest BCUT2D eigenvalue weighted by atomic mass is 16.5. The lowest BCUT2D eigenvalue weighted by molar-refractivity contribution is -0.000640. The number of methoxy groups -OCH3 is 1. The van der Waals surface area contributed by atoms with E-state index < -0.39 is 0 Å². The molecule has 0 saturated heterocycles. The first kappa shape index (κ1) is 9.63. The molecule has 2 unspecified atom stereocenters. The summed E-state index contributed by atoms with van der Waals surface area (Å²) in [5.41, 5.74) is 2.31. The first-order valence-corrected chi connectivity index (χ1v) is 5.88. The second-order valence-corrected chi connectivity index (χ2v) is 5.06. The van der Waals surface area contributed by atoms with E-state index in [1.807, 2.05) is 6.07 Å². The Morgan fingerprint density at radius 3 is 2.65 bits per heavy atom. The van der Waals surface area contributed by atoms with E-state index in [0.717, 1.165) is 5.56 Å². The molecule has 3 rings (SSSR count). The summed E-state index contributed by atoms with van der Waals surface area (Å²) in [5, 5.41) is 2.43. The van der Waals surface area contributed by atoms with Crippen LogP contribution in [0.25, 0.3) is 10.8 Å². The number of hydrogen-bond donors (Lipinski definition) is 0. The van der Waals surface area contributed by atoms with Crippen molar-refractivity contribution >= 4 is 16.5 Å². The topological polar surface area (TPSA) is 9.23 Å². The molecular weight excluding hydrogens is 210 g/mol. The molecule has 0 N–H and O–H groups in total. The summed E-state index contributed by atoms with van der Waals surface area (Å²) in [7, 11) is 5.92. The van der Waals surface area contributed by atoms with Crippen molar-refractivity contribution in [3.8, 4) is 0 Å². The fraction of sp³-hybridized carbons (Fsp3) is 0.333. The van der Waals surface area contributed by atoms with Gasteiger partial charge in [-0.25, -0.2) is 0 Å². The van der Waals surface area contributed by atoms with Crippen molar-refractivity contribution in [3.05, 3.63) is 42.0 Å². The van der Waals surface area contributed by atoms with Crippen molar-refractivity contribution in [3.63, 3.8) is 0 Å². The zero-order valence-corrected chi connectivity index (χ0v) is 10.5. The van der Waals surface area contributed by atoms with Crippen LogP contribution in [-0.4, -0.2) is 27.4 Å². The third kappa shape index (κ3) is 1.41. The largest absolute Gasteiger partial charge is 0.332 e. The number of rotatable bonds is 1. The summed E-state index contributed by atoms with van der Waals surface area (Å²) >= 11 is 0. The van der Waals surface area contributed by atoms with Crippen molar-refractivity contribution in [2.75, 3.05) is 21.2 Å². The number of quaternary nitrogens is 1. The van der Waals surface area contributed by atoms with Crippen LogP contribution in [0.2, 0.25) is 0 Å². The van der Waals surface area contributed by atoms with Crippen LogP contribution in [0, 0.1) is 0 Å². The average molecular weight is 229 g/mol. The molecule has 0 fully saturated rings. The highest BCUT2D eigenvalue weighted by Gasteiger charge is 2.37. The molecule has 1 aliphatic heterocycles. The molecule has 0 amide bonds. The summed E-state index contributed by atoms with van der Waals surface area (Å²) in [6, 6.07) is 12.5. The van der Waals surface area contributed by atoms with Gasteiger partial charge in [-0.15, -0.1) is 0 Å². The van der Waals surface area contributed by atoms with Gasteiger partial charge < -0.3 is 4.74 Å². The van der Waals surface area contributed by atoms with Crippen LogP contribution in [0.4, 0.5) is 5.69 Å². The van der Waals surface area contributed by atoms with Gasteiger partial charge in [-0.1, -0.05) is 30.3 Å². The Morgan fingerprint density at radius 1 is 1.24 bits per heavy atom. The minimum atomic E-state index is -0.344. The van der Waals surface area contributed by atoms with Crippen LogP contribution in [0.3, 0.4) is 0 Å². The van der Waals surface area contributed by atoms with Gasteiger partial charge in [-0.05, 0) is 17.0 Å². The molecular formula is C15H18NO+. The third-order valence-electron chi connectivity index (χ3n) is 3.74. The van der Waals surface area contributed by atoms with E-state index in [1.54, 1.807) is 7.11 Å². The first-order valence-electron chi connectivity index (χ1n) is 6.46. The quantitative estimate of drug-likeness (QED) is 0.683. The van der Waals surface area contributed by atoms with Crippen LogP contribution < -0.4 is 4.48 Å². The number of nitrogens with zero attached hydrogens (tertiary/aromatic N) is 1. The Bertz CT molecular complexity index is 603. The predicted molar refractivity (Wildman–Crippen MR) is 72.1 cm³/mol. The van der Waals surface area contributed by atoms with Gasteiger partial charge in [0.1, 0.15) is 5.69 Å². The monoisotopic (exact) mass is 229 g/mol. The first-order chi connectivity index (χ1) is 8.57. The van der Waals surface area contributed by atoms with E-state index in [1.165, 1.54) is 16.5 Å². The lowest BCUT2D eigenvalue weighted by Gasteiger charge is -2.40. The average Bonchev–Trinajstić information content (AvgIpc) is 2.36. The molecule has 0 saturated carbocycles. The van der Waals surface area contributed by atoms with E-state index in [-0.39, 0.29) is 12.6 Å². The molecule has 2 atom stereocenters. The Morgan fingerprint density at radius 2 is 1.94 bits per heavy atom. The van der Waals surface area contributed by atoms with Gasteiger partial charge in [-0.2, -0.15) is 0 Å². The highest BCUT2D eigenvalue weighted by molar-refractivity contribution is 5.97. The minimum Gasteiger partial charge on any atom is -0.332 e. The van der Waals surface area contributed by atoms with Crippen LogP contribution in [0.15, 0.2) is 36.4 Å². The van der Waals surface area contributed by atoms with Crippen LogP contribution in [0.5, 0.6) is 0 Å². The fourth-order valence-corrected chi connectivity index (χ4v) is 2.78. The SMILES string of the molecule is [2H]C1c2cccc3cccc(c23)[N+](C)(C)C1OC. The van der Waals surface area contributed by atoms with Gasteiger partial charge in [-0.3, -0.25) is 4.48 Å². The molecule has 0 aliphatic carbocycles. The molecule has 0 bridgehead atoms. The van der Waals surface area contributed by atoms with E-state index >= 15 is 0 Å². The molecule has 1 heterocycles. The molecule has 1 aliphatic rings. The smallest absolute Gasteiger partial charge is 0.201 e. The Balaban J connectivity index is 2.41. The lowest BCUT2D eigenvalue weighted by Crippen LogP contribution is -2.54. The Hall–Kier alpha value is -1.38. The highest BCUT2D eigenvalue weighted by Crippen LogP contribution is 2.39. The van der Waals surface area contributed by atoms with Gasteiger partial charge in [0.2, 0.25) is 6.23 Å². The van der Waals surface area contributed by atoms with Gasteiger partial charge in [0.15, 0.2) is 0 Å². The van der Waals surface area contributed by atoms with E-state index in [0.29, 0.717) is 4.48 Å². The van der Waals surface area contributed by atoms with Crippen LogP contribution >= 0.6 is 0 Å². The van der Waals surface area contributed by atoms with Crippen LogP contribution in [-0.2, 0) is 11.1 Å². The fourth-order valence-electron chi connectivity index (χ4n) is 2.78. The third-order valence-corrected chi connectivity index (χ3v) is 3.74. The molecule has 2 heteroatoms. The zero-order valence-electron chi connectivity index (χ0n) is 11.5. The van der Waals surface area contributed by atoms with Crippen molar-refractivity contribution in [2.24, 2.45) is 0 Å². The second kappa shape index (κ2) is 3.56. The Kier molecular flexibility index (Phi) is 2.01. The van der Waals surface area contributed by atoms with E-state index in [2.05, 4.69) is 44.4 Å². The molecule has 0 radical (unpaired) electrons. The maximum Gasteiger partial charge on any atom is 0.201 e. The van der Waals surface area contributed by atoms with Crippen molar-refractivity contribution in [1.29, 1.82) is 0 Å². The maximum absolute atomic E-state index is 8.46. The summed E-state index contributed by atoms with van der Waals surface area (Å²) in [6.07, 6.45) is -0.505. The summed E-state index contributed by atoms with van der Waals surface area (Å²) in [5.74, 6) is 0. The van der Waals surface area contributed by atoms with E-state index in [9.17, 15) is 0 Å². The number of likely N-dealkylation sites (N-methyl/N-ethyl adjacent to an activating group) is 1. The van der Waals surface area contributed by atoms with Gasteiger partial charge in [0, 0.05) is 13.9 Å². The molecule has 17 heavy (non-hydrogen) atoms. The van der Waals surface area contributed by atoms with Gasteiger partial charge in [0.25, 0.3) is 0 Å². The Labute approximate surface area is 103 Å². The second-order valence-electron chi connectivity index (χ2n) is 5.06. The van der Waals surface area contributed by atoms with E-state index in [4.69, 9.17) is 6.11 Å². The van der Waals surface area contributed by atoms with Gasteiger partial charge >= 0.3 is 0 Å².